The molecule has 1 aliphatic carbocycles. The van der Waals surface area contributed by atoms with E-state index < -0.39 is 0 Å². The van der Waals surface area contributed by atoms with Gasteiger partial charge in [0, 0.05) is 25.1 Å². The van der Waals surface area contributed by atoms with E-state index >= 15 is 0 Å². The molecule has 1 saturated carbocycles. The van der Waals surface area contributed by atoms with E-state index in [-0.39, 0.29) is 18.4 Å². The molecule has 0 unspecified atom stereocenters. The molecule has 2 heterocycles. The highest BCUT2D eigenvalue weighted by Crippen LogP contribution is 2.38. The Balaban J connectivity index is 1.24. The first-order chi connectivity index (χ1) is 12.7. The topological polar surface area (TPSA) is 94.5 Å². The summed E-state index contributed by atoms with van der Waals surface area (Å²) in [5.41, 5.74) is 1.72. The van der Waals surface area contributed by atoms with Crippen molar-refractivity contribution in [3.63, 3.8) is 0 Å². The Hall–Kier alpha value is -3.03. The van der Waals surface area contributed by atoms with Gasteiger partial charge < -0.3 is 20.1 Å². The van der Waals surface area contributed by atoms with Crippen molar-refractivity contribution in [3.05, 3.63) is 51.9 Å². The van der Waals surface area contributed by atoms with Crippen LogP contribution in [0, 0.1) is 0 Å². The number of rotatable bonds is 6. The smallest absolute Gasteiger partial charge is 0.315 e. The summed E-state index contributed by atoms with van der Waals surface area (Å²) < 4.78 is 12.0. The van der Waals surface area contributed by atoms with Crippen LogP contribution < -0.4 is 25.7 Å². The van der Waals surface area contributed by atoms with Gasteiger partial charge in [-0.1, -0.05) is 6.07 Å². The molecule has 1 aromatic carbocycles. The number of benzene rings is 1. The molecule has 1 fully saturated rings. The van der Waals surface area contributed by atoms with Crippen molar-refractivity contribution in [2.45, 2.75) is 31.8 Å². The average molecular weight is 356 g/mol. The summed E-state index contributed by atoms with van der Waals surface area (Å²) in [4.78, 5) is 23.8. The number of amides is 2. The maximum Gasteiger partial charge on any atom is 0.315 e. The molecule has 1 aromatic heterocycles. The molecule has 8 heteroatoms. The second kappa shape index (κ2) is 7.07. The molecule has 136 valence electrons. The first-order valence-corrected chi connectivity index (χ1v) is 8.67. The number of nitrogens with zero attached hydrogens (tertiary/aromatic N) is 2. The third kappa shape index (κ3) is 3.79. The van der Waals surface area contributed by atoms with E-state index in [0.717, 1.165) is 24.1 Å². The van der Waals surface area contributed by atoms with Crippen LogP contribution in [0.3, 0.4) is 0 Å². The molecule has 1 aliphatic heterocycles. The van der Waals surface area contributed by atoms with Crippen molar-refractivity contribution in [2.24, 2.45) is 0 Å². The van der Waals surface area contributed by atoms with Crippen LogP contribution in [0.15, 0.2) is 35.1 Å². The Bertz CT molecular complexity index is 876. The average Bonchev–Trinajstić information content (AvgIpc) is 3.39. The molecule has 2 aromatic rings. The van der Waals surface area contributed by atoms with Gasteiger partial charge in [0.15, 0.2) is 11.5 Å². The molecule has 26 heavy (non-hydrogen) atoms. The van der Waals surface area contributed by atoms with Gasteiger partial charge in [-0.2, -0.15) is 5.10 Å². The molecule has 0 radical (unpaired) electrons. The molecule has 2 amide bonds. The van der Waals surface area contributed by atoms with Crippen molar-refractivity contribution in [1.29, 1.82) is 0 Å². The molecule has 0 bridgehead atoms. The van der Waals surface area contributed by atoms with Gasteiger partial charge >= 0.3 is 6.03 Å². The Labute approximate surface area is 150 Å². The van der Waals surface area contributed by atoms with Gasteiger partial charge in [-0.05, 0) is 36.6 Å². The van der Waals surface area contributed by atoms with Crippen molar-refractivity contribution < 1.29 is 14.3 Å². The second-order valence-electron chi connectivity index (χ2n) is 6.39. The molecule has 0 saturated heterocycles. The number of hydrogen-bond donors (Lipinski definition) is 2. The number of fused-ring (bicyclic) bond motifs is 1. The Morgan fingerprint density at radius 1 is 1.15 bits per heavy atom. The zero-order chi connectivity index (χ0) is 17.9. The fraction of sp³-hybridized carbons (Fsp3) is 0.389. The standard InChI is InChI=1S/C18H20N4O4/c23-17-6-4-14(13-2-3-13)21-22(17)8-7-19-18(24)20-10-12-1-5-15-16(9-12)26-11-25-15/h1,4-6,9,13H,2-3,7-8,10-11H2,(H2,19,20,24). The van der Waals surface area contributed by atoms with Crippen LogP contribution in [0.1, 0.15) is 30.0 Å². The second-order valence-corrected chi connectivity index (χ2v) is 6.39. The zero-order valence-corrected chi connectivity index (χ0v) is 14.2. The molecular weight excluding hydrogens is 336 g/mol. The fourth-order valence-corrected chi connectivity index (χ4v) is 2.79. The summed E-state index contributed by atoms with van der Waals surface area (Å²) >= 11 is 0. The maximum absolute atomic E-state index is 11.9. The van der Waals surface area contributed by atoms with Crippen LogP contribution in [0.2, 0.25) is 0 Å². The van der Waals surface area contributed by atoms with Gasteiger partial charge in [0.1, 0.15) is 0 Å². The van der Waals surface area contributed by atoms with Crippen LogP contribution in [0.5, 0.6) is 11.5 Å². The zero-order valence-electron chi connectivity index (χ0n) is 14.2. The number of aromatic nitrogens is 2. The van der Waals surface area contributed by atoms with Crippen molar-refractivity contribution >= 4 is 6.03 Å². The van der Waals surface area contributed by atoms with Crippen LogP contribution in [-0.4, -0.2) is 29.1 Å². The van der Waals surface area contributed by atoms with Crippen molar-refractivity contribution in [3.8, 4) is 11.5 Å². The Morgan fingerprint density at radius 2 is 2.00 bits per heavy atom. The predicted octanol–water partition coefficient (Wildman–Crippen LogP) is 1.35. The van der Waals surface area contributed by atoms with E-state index in [1.54, 1.807) is 12.1 Å². The molecular formula is C18H20N4O4. The number of ether oxygens (including phenoxy) is 2. The summed E-state index contributed by atoms with van der Waals surface area (Å²) in [6, 6.07) is 8.58. The number of carbonyl (C=O) groups excluding carboxylic acids is 1. The van der Waals surface area contributed by atoms with E-state index in [0.29, 0.717) is 37.1 Å². The van der Waals surface area contributed by atoms with E-state index in [9.17, 15) is 9.59 Å². The van der Waals surface area contributed by atoms with E-state index in [2.05, 4.69) is 15.7 Å². The quantitative estimate of drug-likeness (QED) is 0.815. The fourth-order valence-electron chi connectivity index (χ4n) is 2.79. The highest BCUT2D eigenvalue weighted by molar-refractivity contribution is 5.73. The minimum atomic E-state index is -0.297. The Kier molecular flexibility index (Phi) is 4.47. The monoisotopic (exact) mass is 356 g/mol. The largest absolute Gasteiger partial charge is 0.454 e. The van der Waals surface area contributed by atoms with Crippen LogP contribution in [-0.2, 0) is 13.1 Å². The van der Waals surface area contributed by atoms with E-state index in [4.69, 9.17) is 9.47 Å². The van der Waals surface area contributed by atoms with Gasteiger partial charge in [0.2, 0.25) is 6.79 Å². The Morgan fingerprint density at radius 3 is 2.85 bits per heavy atom. The van der Waals surface area contributed by atoms with Crippen molar-refractivity contribution in [1.82, 2.24) is 20.4 Å². The van der Waals surface area contributed by atoms with Crippen LogP contribution >= 0.6 is 0 Å². The summed E-state index contributed by atoms with van der Waals surface area (Å²) in [5, 5.41) is 9.88. The molecule has 0 spiro atoms. The third-order valence-corrected chi connectivity index (χ3v) is 4.38. The first-order valence-electron chi connectivity index (χ1n) is 8.67. The summed E-state index contributed by atoms with van der Waals surface area (Å²) in [5.74, 6) is 1.88. The van der Waals surface area contributed by atoms with E-state index in [1.807, 2.05) is 18.2 Å². The highest BCUT2D eigenvalue weighted by atomic mass is 16.7. The SMILES string of the molecule is O=C(NCCn1nc(C2CC2)ccc1=O)NCc1ccc2c(c1)OCO2. The predicted molar refractivity (Wildman–Crippen MR) is 93.3 cm³/mol. The summed E-state index contributed by atoms with van der Waals surface area (Å²) in [6.45, 7) is 1.27. The van der Waals surface area contributed by atoms with Gasteiger partial charge in [-0.3, -0.25) is 4.79 Å². The van der Waals surface area contributed by atoms with Gasteiger partial charge in [-0.15, -0.1) is 0 Å². The maximum atomic E-state index is 11.9. The lowest BCUT2D eigenvalue weighted by Gasteiger charge is -2.09. The van der Waals surface area contributed by atoms with Crippen LogP contribution in [0.4, 0.5) is 4.79 Å². The van der Waals surface area contributed by atoms with Gasteiger partial charge in [-0.25, -0.2) is 9.48 Å². The first kappa shape index (κ1) is 16.4. The minimum absolute atomic E-state index is 0.156. The number of nitrogens with one attached hydrogen (secondary N) is 2. The summed E-state index contributed by atoms with van der Waals surface area (Å²) in [7, 11) is 0. The molecule has 2 N–H and O–H groups in total. The number of urea groups is 1. The minimum Gasteiger partial charge on any atom is -0.454 e. The van der Waals surface area contributed by atoms with Crippen molar-refractivity contribution in [2.75, 3.05) is 13.3 Å². The lowest BCUT2D eigenvalue weighted by atomic mass is 10.2. The lowest BCUT2D eigenvalue weighted by molar-refractivity contribution is 0.174. The summed E-state index contributed by atoms with van der Waals surface area (Å²) in [6.07, 6.45) is 2.26. The number of carbonyl (C=O) groups is 1. The molecule has 2 aliphatic rings. The van der Waals surface area contributed by atoms with Gasteiger partial charge in [0.25, 0.3) is 5.56 Å². The normalized spacial score (nSPS) is 14.9. The molecule has 8 nitrogen and oxygen atoms in total. The van der Waals surface area contributed by atoms with E-state index in [1.165, 1.54) is 4.68 Å². The van der Waals surface area contributed by atoms with Gasteiger partial charge in [0.05, 0.1) is 12.2 Å². The van der Waals surface area contributed by atoms with Crippen LogP contribution in [0.25, 0.3) is 0 Å². The molecule has 4 rings (SSSR count). The number of hydrogen-bond acceptors (Lipinski definition) is 5. The highest BCUT2D eigenvalue weighted by Gasteiger charge is 2.25. The third-order valence-electron chi connectivity index (χ3n) is 4.38. The lowest BCUT2D eigenvalue weighted by Crippen LogP contribution is -2.38. The molecule has 0 atom stereocenters.